The second kappa shape index (κ2) is 8.15. The lowest BCUT2D eigenvalue weighted by atomic mass is 9.92. The van der Waals surface area contributed by atoms with E-state index in [-0.39, 0.29) is 24.6 Å². The van der Waals surface area contributed by atoms with E-state index in [4.69, 9.17) is 0 Å². The van der Waals surface area contributed by atoms with Gasteiger partial charge in [0.2, 0.25) is 5.91 Å². The number of aliphatic hydroxyl groups is 1. The molecule has 0 heterocycles. The van der Waals surface area contributed by atoms with Gasteiger partial charge in [0.15, 0.2) is 0 Å². The molecule has 4 heteroatoms. The number of carbonyl (C=O) groups is 1. The van der Waals surface area contributed by atoms with Crippen molar-refractivity contribution in [3.8, 4) is 0 Å². The highest BCUT2D eigenvalue weighted by Gasteiger charge is 2.29. The first kappa shape index (κ1) is 17.7. The van der Waals surface area contributed by atoms with Crippen LogP contribution in [0, 0.1) is 0 Å². The van der Waals surface area contributed by atoms with E-state index < -0.39 is 5.54 Å². The van der Waals surface area contributed by atoms with E-state index in [0.29, 0.717) is 0 Å². The first-order chi connectivity index (χ1) is 9.92. The number of rotatable bonds is 8. The second-order valence-electron chi connectivity index (χ2n) is 5.92. The minimum absolute atomic E-state index is 0.0356. The van der Waals surface area contributed by atoms with Crippen LogP contribution in [0.5, 0.6) is 0 Å². The monoisotopic (exact) mass is 292 g/mol. The van der Waals surface area contributed by atoms with Crippen LogP contribution in [0.3, 0.4) is 0 Å². The van der Waals surface area contributed by atoms with Crippen molar-refractivity contribution in [2.75, 3.05) is 6.61 Å². The number of hydrogen-bond acceptors (Lipinski definition) is 3. The van der Waals surface area contributed by atoms with E-state index in [1.165, 1.54) is 0 Å². The Hall–Kier alpha value is -1.39. The van der Waals surface area contributed by atoms with Crippen molar-refractivity contribution in [3.05, 3.63) is 35.9 Å². The Labute approximate surface area is 128 Å². The van der Waals surface area contributed by atoms with Crippen LogP contribution in [0.2, 0.25) is 0 Å². The number of aliphatic hydroxyl groups excluding tert-OH is 1. The third kappa shape index (κ3) is 5.14. The molecule has 3 N–H and O–H groups in total. The molecule has 1 amide bonds. The molecule has 0 radical (unpaired) electrons. The third-order valence-corrected chi connectivity index (χ3v) is 3.77. The third-order valence-electron chi connectivity index (χ3n) is 3.77. The van der Waals surface area contributed by atoms with Crippen molar-refractivity contribution in [1.29, 1.82) is 0 Å². The van der Waals surface area contributed by atoms with Gasteiger partial charge in [0.25, 0.3) is 0 Å². The predicted octanol–water partition coefficient (Wildman–Crippen LogP) is 2.18. The van der Waals surface area contributed by atoms with Gasteiger partial charge in [-0.15, -0.1) is 0 Å². The van der Waals surface area contributed by atoms with Gasteiger partial charge in [-0.3, -0.25) is 10.1 Å². The highest BCUT2D eigenvalue weighted by molar-refractivity contribution is 5.81. The van der Waals surface area contributed by atoms with E-state index in [0.717, 1.165) is 18.4 Å². The smallest absolute Gasteiger partial charge is 0.237 e. The summed E-state index contributed by atoms with van der Waals surface area (Å²) in [4.78, 5) is 12.2. The Morgan fingerprint density at radius 3 is 2.43 bits per heavy atom. The van der Waals surface area contributed by atoms with Crippen LogP contribution in [-0.4, -0.2) is 29.7 Å². The Morgan fingerprint density at radius 1 is 1.29 bits per heavy atom. The van der Waals surface area contributed by atoms with Gasteiger partial charge < -0.3 is 10.4 Å². The lowest BCUT2D eigenvalue weighted by Gasteiger charge is -2.32. The number of hydrogen-bond donors (Lipinski definition) is 3. The molecule has 3 atom stereocenters. The van der Waals surface area contributed by atoms with Crippen LogP contribution in [0.25, 0.3) is 0 Å². The van der Waals surface area contributed by atoms with Gasteiger partial charge in [-0.1, -0.05) is 43.7 Å². The zero-order valence-corrected chi connectivity index (χ0v) is 13.5. The molecular weight excluding hydrogens is 264 g/mol. The summed E-state index contributed by atoms with van der Waals surface area (Å²) < 4.78 is 0. The van der Waals surface area contributed by atoms with Crippen LogP contribution in [0.4, 0.5) is 0 Å². The van der Waals surface area contributed by atoms with E-state index in [1.54, 1.807) is 0 Å². The molecule has 0 aromatic heterocycles. The summed E-state index contributed by atoms with van der Waals surface area (Å²) in [5.74, 6) is -0.0356. The summed E-state index contributed by atoms with van der Waals surface area (Å²) >= 11 is 0. The molecule has 0 saturated heterocycles. The van der Waals surface area contributed by atoms with E-state index in [9.17, 15) is 9.90 Å². The molecule has 0 bridgehead atoms. The van der Waals surface area contributed by atoms with Crippen molar-refractivity contribution in [2.24, 2.45) is 0 Å². The topological polar surface area (TPSA) is 61.4 Å². The summed E-state index contributed by atoms with van der Waals surface area (Å²) in [6.45, 7) is 7.77. The molecule has 0 aliphatic carbocycles. The number of nitrogens with one attached hydrogen (secondary N) is 2. The van der Waals surface area contributed by atoms with Gasteiger partial charge in [-0.25, -0.2) is 0 Å². The summed E-state index contributed by atoms with van der Waals surface area (Å²) in [7, 11) is 0. The summed E-state index contributed by atoms with van der Waals surface area (Å²) in [6.07, 6.45) is 2.01. The second-order valence-corrected chi connectivity index (χ2v) is 5.92. The molecule has 0 aliphatic heterocycles. The molecule has 0 fully saturated rings. The van der Waals surface area contributed by atoms with Crippen molar-refractivity contribution in [3.63, 3.8) is 0 Å². The minimum atomic E-state index is -0.633. The van der Waals surface area contributed by atoms with E-state index >= 15 is 0 Å². The zero-order valence-electron chi connectivity index (χ0n) is 13.5. The molecule has 0 saturated carbocycles. The number of benzene rings is 1. The van der Waals surface area contributed by atoms with Gasteiger partial charge in [-0.05, 0) is 32.8 Å². The standard InChI is InChI=1S/C17H28N2O2/c1-5-9-13(2)18-16(21)14(3)19-17(4,12-20)15-10-7-6-8-11-15/h6-8,10-11,13-14,19-20H,5,9,12H2,1-4H3,(H,18,21). The Bertz CT molecular complexity index is 436. The molecular formula is C17H28N2O2. The molecule has 3 unspecified atom stereocenters. The van der Waals surface area contributed by atoms with Gasteiger partial charge in [0.1, 0.15) is 0 Å². The minimum Gasteiger partial charge on any atom is -0.394 e. The van der Waals surface area contributed by atoms with Gasteiger partial charge >= 0.3 is 0 Å². The van der Waals surface area contributed by atoms with Crippen molar-refractivity contribution in [1.82, 2.24) is 10.6 Å². The highest BCUT2D eigenvalue weighted by atomic mass is 16.3. The Morgan fingerprint density at radius 2 is 1.90 bits per heavy atom. The van der Waals surface area contributed by atoms with Crippen molar-refractivity contribution in [2.45, 2.75) is 58.2 Å². The maximum atomic E-state index is 12.2. The first-order valence-corrected chi connectivity index (χ1v) is 7.67. The molecule has 4 nitrogen and oxygen atoms in total. The number of amides is 1. The van der Waals surface area contributed by atoms with E-state index in [1.807, 2.05) is 51.1 Å². The largest absolute Gasteiger partial charge is 0.394 e. The first-order valence-electron chi connectivity index (χ1n) is 7.67. The SMILES string of the molecule is CCCC(C)NC(=O)C(C)NC(C)(CO)c1ccccc1. The fourth-order valence-corrected chi connectivity index (χ4v) is 2.44. The zero-order chi connectivity index (χ0) is 15.9. The number of carbonyl (C=O) groups excluding carboxylic acids is 1. The van der Waals surface area contributed by atoms with Gasteiger partial charge in [-0.2, -0.15) is 0 Å². The molecule has 0 spiro atoms. The summed E-state index contributed by atoms with van der Waals surface area (Å²) in [5.41, 5.74) is 0.334. The summed E-state index contributed by atoms with van der Waals surface area (Å²) in [6, 6.07) is 9.49. The van der Waals surface area contributed by atoms with Gasteiger partial charge in [0.05, 0.1) is 18.2 Å². The molecule has 0 aliphatic rings. The predicted molar refractivity (Wildman–Crippen MR) is 86.0 cm³/mol. The Balaban J connectivity index is 2.70. The average Bonchev–Trinajstić information content (AvgIpc) is 2.48. The van der Waals surface area contributed by atoms with Crippen LogP contribution < -0.4 is 10.6 Å². The summed E-state index contributed by atoms with van der Waals surface area (Å²) in [5, 5.41) is 16.0. The van der Waals surface area contributed by atoms with Crippen LogP contribution >= 0.6 is 0 Å². The van der Waals surface area contributed by atoms with Crippen molar-refractivity contribution >= 4 is 5.91 Å². The average molecular weight is 292 g/mol. The van der Waals surface area contributed by atoms with Crippen molar-refractivity contribution < 1.29 is 9.90 Å². The van der Waals surface area contributed by atoms with Crippen LogP contribution in [-0.2, 0) is 10.3 Å². The molecule has 118 valence electrons. The van der Waals surface area contributed by atoms with Crippen LogP contribution in [0.15, 0.2) is 30.3 Å². The van der Waals surface area contributed by atoms with Crippen LogP contribution in [0.1, 0.15) is 46.1 Å². The lowest BCUT2D eigenvalue weighted by Crippen LogP contribution is -2.54. The Kier molecular flexibility index (Phi) is 6.85. The normalized spacial score (nSPS) is 16.8. The van der Waals surface area contributed by atoms with Gasteiger partial charge in [0, 0.05) is 6.04 Å². The molecule has 1 aromatic rings. The molecule has 21 heavy (non-hydrogen) atoms. The lowest BCUT2D eigenvalue weighted by molar-refractivity contribution is -0.124. The maximum Gasteiger partial charge on any atom is 0.237 e. The van der Waals surface area contributed by atoms with E-state index in [2.05, 4.69) is 17.6 Å². The molecule has 1 aromatic carbocycles. The quantitative estimate of drug-likeness (QED) is 0.688. The fraction of sp³-hybridized carbons (Fsp3) is 0.588. The maximum absolute atomic E-state index is 12.2. The molecule has 1 rings (SSSR count). The highest BCUT2D eigenvalue weighted by Crippen LogP contribution is 2.20. The fourth-order valence-electron chi connectivity index (χ4n) is 2.44.